The molecule has 2 aromatic carbocycles. The van der Waals surface area contributed by atoms with E-state index >= 15 is 0 Å². The third kappa shape index (κ3) is 3.58. The Morgan fingerprint density at radius 2 is 2.00 bits per heavy atom. The van der Waals surface area contributed by atoms with Gasteiger partial charge >= 0.3 is 0 Å². The molecular formula is C22H19ClN4O3. The maximum Gasteiger partial charge on any atom is 0.243 e. The van der Waals surface area contributed by atoms with Gasteiger partial charge in [0.25, 0.3) is 0 Å². The molecular weight excluding hydrogens is 404 g/mol. The average molecular weight is 423 g/mol. The molecule has 0 saturated carbocycles. The Balaban J connectivity index is 1.66. The second-order valence-electron chi connectivity index (χ2n) is 6.94. The number of methoxy groups -OCH3 is 1. The Bertz CT molecular complexity index is 1130. The van der Waals surface area contributed by atoms with E-state index in [0.717, 1.165) is 22.4 Å². The minimum atomic E-state index is -0.764. The van der Waals surface area contributed by atoms with Gasteiger partial charge in [-0.2, -0.15) is 5.26 Å². The maximum atomic E-state index is 9.69. The summed E-state index contributed by atoms with van der Waals surface area (Å²) in [7, 11) is 1.57. The SMILES string of the molecule is COc1cc(C2c3c(n[nH]c3C)OC(=N)C2C#N)ccc1OCc1ccc(Cl)cc1. The Hall–Kier alpha value is -3.50. The van der Waals surface area contributed by atoms with E-state index in [2.05, 4.69) is 16.3 Å². The second-order valence-corrected chi connectivity index (χ2v) is 7.38. The quantitative estimate of drug-likeness (QED) is 0.625. The van der Waals surface area contributed by atoms with Crippen molar-refractivity contribution in [3.63, 3.8) is 0 Å². The molecule has 1 aliphatic heterocycles. The molecule has 7 nitrogen and oxygen atoms in total. The smallest absolute Gasteiger partial charge is 0.243 e. The largest absolute Gasteiger partial charge is 0.493 e. The lowest BCUT2D eigenvalue weighted by Gasteiger charge is -2.28. The Morgan fingerprint density at radius 1 is 1.23 bits per heavy atom. The van der Waals surface area contributed by atoms with Gasteiger partial charge in [0.1, 0.15) is 12.5 Å². The lowest BCUT2D eigenvalue weighted by molar-refractivity contribution is 0.284. The highest BCUT2D eigenvalue weighted by Crippen LogP contribution is 2.44. The summed E-state index contributed by atoms with van der Waals surface area (Å²) in [5, 5.41) is 25.5. The molecule has 4 rings (SSSR count). The van der Waals surface area contributed by atoms with Gasteiger partial charge in [-0.1, -0.05) is 29.8 Å². The van der Waals surface area contributed by atoms with Gasteiger partial charge < -0.3 is 14.2 Å². The summed E-state index contributed by atoms with van der Waals surface area (Å²) in [6.45, 7) is 2.23. The van der Waals surface area contributed by atoms with Gasteiger partial charge in [0.15, 0.2) is 11.5 Å². The molecule has 2 N–H and O–H groups in total. The first kappa shape index (κ1) is 19.8. The Kier molecular flexibility index (Phi) is 5.34. The van der Waals surface area contributed by atoms with Gasteiger partial charge in [-0.25, -0.2) is 0 Å². The maximum absolute atomic E-state index is 9.69. The number of nitrogens with zero attached hydrogens (tertiary/aromatic N) is 2. The van der Waals surface area contributed by atoms with Gasteiger partial charge in [-0.3, -0.25) is 10.5 Å². The molecule has 0 saturated heterocycles. The zero-order valence-electron chi connectivity index (χ0n) is 16.4. The van der Waals surface area contributed by atoms with Crippen molar-refractivity contribution in [2.24, 2.45) is 5.92 Å². The van der Waals surface area contributed by atoms with Gasteiger partial charge in [-0.15, -0.1) is 5.10 Å². The third-order valence-corrected chi connectivity index (χ3v) is 5.34. The Morgan fingerprint density at radius 3 is 2.70 bits per heavy atom. The number of aryl methyl sites for hydroxylation is 1. The molecule has 0 aliphatic carbocycles. The van der Waals surface area contributed by atoms with Crippen LogP contribution in [0.2, 0.25) is 5.02 Å². The van der Waals surface area contributed by atoms with Crippen LogP contribution in [0.1, 0.15) is 28.3 Å². The van der Waals surface area contributed by atoms with Crippen LogP contribution in [0.25, 0.3) is 0 Å². The molecule has 8 heteroatoms. The minimum absolute atomic E-state index is 0.122. The van der Waals surface area contributed by atoms with Crippen LogP contribution < -0.4 is 14.2 Å². The molecule has 0 amide bonds. The van der Waals surface area contributed by atoms with E-state index in [1.807, 2.05) is 49.4 Å². The summed E-state index contributed by atoms with van der Waals surface area (Å²) >= 11 is 5.93. The van der Waals surface area contributed by atoms with Crippen LogP contribution in [0.5, 0.6) is 17.4 Å². The summed E-state index contributed by atoms with van der Waals surface area (Å²) in [5.41, 5.74) is 3.36. The molecule has 3 aromatic rings. The monoisotopic (exact) mass is 422 g/mol. The number of nitrogens with one attached hydrogen (secondary N) is 2. The zero-order chi connectivity index (χ0) is 21.3. The van der Waals surface area contributed by atoms with E-state index in [-0.39, 0.29) is 5.90 Å². The molecule has 152 valence electrons. The second kappa shape index (κ2) is 8.09. The van der Waals surface area contributed by atoms with Crippen molar-refractivity contribution in [2.45, 2.75) is 19.4 Å². The molecule has 0 fully saturated rings. The summed E-state index contributed by atoms with van der Waals surface area (Å²) in [4.78, 5) is 0. The molecule has 0 spiro atoms. The first-order chi connectivity index (χ1) is 14.5. The van der Waals surface area contributed by atoms with Crippen LogP contribution in [-0.4, -0.2) is 23.2 Å². The van der Waals surface area contributed by atoms with Crippen LogP contribution >= 0.6 is 11.6 Å². The fourth-order valence-electron chi connectivity index (χ4n) is 3.58. The number of halogens is 1. The van der Waals surface area contributed by atoms with E-state index in [1.165, 1.54) is 0 Å². The minimum Gasteiger partial charge on any atom is -0.493 e. The first-order valence-corrected chi connectivity index (χ1v) is 9.65. The predicted octanol–water partition coefficient (Wildman–Crippen LogP) is 4.60. The molecule has 2 atom stereocenters. The summed E-state index contributed by atoms with van der Waals surface area (Å²) in [5.74, 6) is 0.165. The van der Waals surface area contributed by atoms with Gasteiger partial charge in [-0.05, 0) is 42.3 Å². The van der Waals surface area contributed by atoms with E-state index in [4.69, 9.17) is 31.2 Å². The fourth-order valence-corrected chi connectivity index (χ4v) is 3.70. The van der Waals surface area contributed by atoms with Crippen molar-refractivity contribution < 1.29 is 14.2 Å². The van der Waals surface area contributed by atoms with E-state index in [0.29, 0.717) is 29.0 Å². The summed E-state index contributed by atoms with van der Waals surface area (Å²) < 4.78 is 16.9. The number of nitriles is 1. The van der Waals surface area contributed by atoms with Crippen molar-refractivity contribution in [1.82, 2.24) is 10.2 Å². The van der Waals surface area contributed by atoms with E-state index in [9.17, 15) is 5.26 Å². The summed E-state index contributed by atoms with van der Waals surface area (Å²) in [6, 6.07) is 15.1. The first-order valence-electron chi connectivity index (χ1n) is 9.27. The van der Waals surface area contributed by atoms with Crippen LogP contribution in [0.4, 0.5) is 0 Å². The molecule has 0 radical (unpaired) electrons. The number of aromatic nitrogens is 2. The molecule has 2 unspecified atom stereocenters. The highest BCUT2D eigenvalue weighted by atomic mass is 35.5. The number of benzene rings is 2. The number of rotatable bonds is 5. The topological polar surface area (TPSA) is 104 Å². The molecule has 0 bridgehead atoms. The normalized spacial score (nSPS) is 17.6. The fraction of sp³-hybridized carbons (Fsp3) is 0.227. The third-order valence-electron chi connectivity index (χ3n) is 5.09. The number of fused-ring (bicyclic) bond motifs is 1. The number of hydrogen-bond acceptors (Lipinski definition) is 6. The zero-order valence-corrected chi connectivity index (χ0v) is 17.2. The lowest BCUT2D eigenvalue weighted by atomic mass is 9.79. The van der Waals surface area contributed by atoms with Crippen molar-refractivity contribution in [3.8, 4) is 23.4 Å². The van der Waals surface area contributed by atoms with Crippen molar-refractivity contribution in [2.75, 3.05) is 7.11 Å². The number of H-pyrrole nitrogens is 1. The lowest BCUT2D eigenvalue weighted by Crippen LogP contribution is -2.31. The molecule has 2 heterocycles. The average Bonchev–Trinajstić information content (AvgIpc) is 3.12. The number of hydrogen-bond donors (Lipinski definition) is 2. The van der Waals surface area contributed by atoms with Gasteiger partial charge in [0.2, 0.25) is 11.8 Å². The number of aromatic amines is 1. The van der Waals surface area contributed by atoms with Crippen LogP contribution in [0.15, 0.2) is 42.5 Å². The van der Waals surface area contributed by atoms with Gasteiger partial charge in [0.05, 0.1) is 13.2 Å². The van der Waals surface area contributed by atoms with Crippen molar-refractivity contribution >= 4 is 17.5 Å². The van der Waals surface area contributed by atoms with Crippen LogP contribution in [0, 0.1) is 29.6 Å². The van der Waals surface area contributed by atoms with Crippen molar-refractivity contribution in [1.29, 1.82) is 10.7 Å². The number of ether oxygens (including phenoxy) is 3. The van der Waals surface area contributed by atoms with Crippen LogP contribution in [0.3, 0.4) is 0 Å². The Labute approximate surface area is 178 Å². The van der Waals surface area contributed by atoms with Crippen LogP contribution in [-0.2, 0) is 6.61 Å². The highest BCUT2D eigenvalue weighted by Gasteiger charge is 2.40. The van der Waals surface area contributed by atoms with Gasteiger partial charge in [0, 0.05) is 22.2 Å². The highest BCUT2D eigenvalue weighted by molar-refractivity contribution is 6.30. The van der Waals surface area contributed by atoms with E-state index < -0.39 is 11.8 Å². The molecule has 1 aromatic heterocycles. The predicted molar refractivity (Wildman–Crippen MR) is 111 cm³/mol. The molecule has 1 aliphatic rings. The molecule has 30 heavy (non-hydrogen) atoms. The van der Waals surface area contributed by atoms with E-state index in [1.54, 1.807) is 7.11 Å². The standard InChI is InChI=1S/C22H19ClN4O3/c1-12-19-20(16(10-24)21(25)30-22(19)27-26-12)14-5-8-17(18(9-14)28-2)29-11-13-3-6-15(23)7-4-13/h3-9,16,20,25H,11H2,1-2H3,(H,26,27). The van der Waals surface area contributed by atoms with Crippen molar-refractivity contribution in [3.05, 3.63) is 69.9 Å². The summed E-state index contributed by atoms with van der Waals surface area (Å²) in [6.07, 6.45) is 0.